The van der Waals surface area contributed by atoms with Crippen molar-refractivity contribution in [1.29, 1.82) is 0 Å². The van der Waals surface area contributed by atoms with Crippen molar-refractivity contribution in [1.82, 2.24) is 4.90 Å². The Balaban J connectivity index is 1.32. The van der Waals surface area contributed by atoms with Crippen LogP contribution >= 0.6 is 11.6 Å². The number of hydrogen-bond acceptors (Lipinski definition) is 3. The van der Waals surface area contributed by atoms with Crippen LogP contribution in [0.15, 0.2) is 48.5 Å². The Kier molecular flexibility index (Phi) is 6.58. The number of anilines is 1. The summed E-state index contributed by atoms with van der Waals surface area (Å²) >= 11 is 6.34. The molecule has 0 aliphatic carbocycles. The number of hydrogen-bond donors (Lipinski definition) is 1. The van der Waals surface area contributed by atoms with Gasteiger partial charge in [-0.05, 0) is 59.0 Å². The van der Waals surface area contributed by atoms with E-state index in [1.807, 2.05) is 6.07 Å². The summed E-state index contributed by atoms with van der Waals surface area (Å²) in [6.07, 6.45) is -4.30. The second kappa shape index (κ2) is 9.70. The van der Waals surface area contributed by atoms with Gasteiger partial charge in [0.05, 0.1) is 29.3 Å². The first-order valence-electron chi connectivity index (χ1n) is 11.6. The molecule has 0 unspecified atom stereocenters. The van der Waals surface area contributed by atoms with E-state index in [-0.39, 0.29) is 16.5 Å². The zero-order chi connectivity index (χ0) is 26.3. The molecule has 2 heterocycles. The number of amides is 2. The summed E-state index contributed by atoms with van der Waals surface area (Å²) in [4.78, 5) is 27.5. The first-order valence-corrected chi connectivity index (χ1v) is 12.0. The Morgan fingerprint density at radius 2 is 1.86 bits per heavy atom. The standard InChI is InChI=1S/C27H21ClF4N2O3/c28-21-6-4-18-14-34(26(36)17-5-7-22-15(12-17)9-11-37-22)10-8-19(18)25(21)33-23(35)13-16-2-1-3-20(24(16)29)27(30,31)32/h1-7,12H,8-11,13-14H2,(H,33,35). The third-order valence-corrected chi connectivity index (χ3v) is 6.89. The summed E-state index contributed by atoms with van der Waals surface area (Å²) in [7, 11) is 0. The van der Waals surface area contributed by atoms with Crippen molar-refractivity contribution in [2.75, 3.05) is 18.5 Å². The van der Waals surface area contributed by atoms with Crippen LogP contribution in [0.1, 0.15) is 38.2 Å². The van der Waals surface area contributed by atoms with E-state index in [4.69, 9.17) is 16.3 Å². The second-order valence-corrected chi connectivity index (χ2v) is 9.37. The van der Waals surface area contributed by atoms with E-state index in [1.54, 1.807) is 29.2 Å². The number of carbonyl (C=O) groups is 2. The van der Waals surface area contributed by atoms with E-state index in [0.717, 1.165) is 41.0 Å². The molecule has 0 saturated carbocycles. The normalized spacial score (nSPS) is 14.6. The molecule has 0 fully saturated rings. The molecule has 0 spiro atoms. The lowest BCUT2D eigenvalue weighted by Crippen LogP contribution is -2.36. The van der Waals surface area contributed by atoms with Crippen molar-refractivity contribution in [2.24, 2.45) is 0 Å². The first kappa shape index (κ1) is 25.1. The summed E-state index contributed by atoms with van der Waals surface area (Å²) in [6.45, 7) is 1.27. The summed E-state index contributed by atoms with van der Waals surface area (Å²) in [5.74, 6) is -1.51. The van der Waals surface area contributed by atoms with Gasteiger partial charge in [-0.3, -0.25) is 9.59 Å². The quantitative estimate of drug-likeness (QED) is 0.431. The molecule has 2 amide bonds. The lowest BCUT2D eigenvalue weighted by molar-refractivity contribution is -0.140. The van der Waals surface area contributed by atoms with Gasteiger partial charge in [0.2, 0.25) is 5.91 Å². The Hall–Kier alpha value is -3.59. The van der Waals surface area contributed by atoms with Crippen molar-refractivity contribution in [3.8, 4) is 5.75 Å². The Morgan fingerprint density at radius 3 is 2.65 bits per heavy atom. The first-order chi connectivity index (χ1) is 17.6. The number of rotatable bonds is 4. The van der Waals surface area contributed by atoms with Crippen LogP contribution in [-0.4, -0.2) is 29.9 Å². The molecule has 2 aliphatic rings. The highest BCUT2D eigenvalue weighted by atomic mass is 35.5. The minimum Gasteiger partial charge on any atom is -0.493 e. The van der Waals surface area contributed by atoms with Crippen molar-refractivity contribution in [2.45, 2.75) is 32.0 Å². The van der Waals surface area contributed by atoms with E-state index in [2.05, 4.69) is 5.32 Å². The molecule has 0 radical (unpaired) electrons. The van der Waals surface area contributed by atoms with Gasteiger partial charge < -0.3 is 15.0 Å². The Morgan fingerprint density at radius 1 is 1.05 bits per heavy atom. The van der Waals surface area contributed by atoms with Gasteiger partial charge in [0.1, 0.15) is 11.6 Å². The molecule has 0 aromatic heterocycles. The van der Waals surface area contributed by atoms with E-state index >= 15 is 0 Å². The minimum atomic E-state index is -4.87. The predicted octanol–water partition coefficient (Wildman–Crippen LogP) is 5.81. The van der Waals surface area contributed by atoms with Crippen molar-refractivity contribution < 1.29 is 31.9 Å². The van der Waals surface area contributed by atoms with E-state index in [0.29, 0.717) is 43.4 Å². The SMILES string of the molecule is O=C(Cc1cccc(C(F)(F)F)c1F)Nc1c(Cl)ccc2c1CCN(C(=O)c1ccc3c(c1)CCO3)C2. The summed E-state index contributed by atoms with van der Waals surface area (Å²) < 4.78 is 58.9. The van der Waals surface area contributed by atoms with Gasteiger partial charge in [-0.25, -0.2) is 4.39 Å². The topological polar surface area (TPSA) is 58.6 Å². The van der Waals surface area contributed by atoms with Gasteiger partial charge >= 0.3 is 6.18 Å². The highest BCUT2D eigenvalue weighted by Crippen LogP contribution is 2.35. The van der Waals surface area contributed by atoms with Gasteiger partial charge in [0.15, 0.2) is 0 Å². The highest BCUT2D eigenvalue weighted by Gasteiger charge is 2.35. The van der Waals surface area contributed by atoms with Gasteiger partial charge in [-0.15, -0.1) is 0 Å². The van der Waals surface area contributed by atoms with Gasteiger partial charge in [-0.1, -0.05) is 29.8 Å². The average Bonchev–Trinajstić information content (AvgIpc) is 3.33. The third kappa shape index (κ3) is 5.00. The van der Waals surface area contributed by atoms with Crippen LogP contribution in [0.2, 0.25) is 5.02 Å². The molecule has 3 aromatic rings. The number of carbonyl (C=O) groups excluding carboxylic acids is 2. The molecule has 192 valence electrons. The van der Waals surface area contributed by atoms with Crippen LogP contribution in [0.4, 0.5) is 23.2 Å². The van der Waals surface area contributed by atoms with Crippen LogP contribution in [0.3, 0.4) is 0 Å². The zero-order valence-corrected chi connectivity index (χ0v) is 20.2. The van der Waals surface area contributed by atoms with Crippen LogP contribution in [-0.2, 0) is 36.8 Å². The fourth-order valence-corrected chi connectivity index (χ4v) is 4.95. The summed E-state index contributed by atoms with van der Waals surface area (Å²) in [5.41, 5.74) is 1.61. The van der Waals surface area contributed by atoms with E-state index in [9.17, 15) is 27.2 Å². The number of ether oxygens (including phenoxy) is 1. The van der Waals surface area contributed by atoms with Crippen LogP contribution in [0.5, 0.6) is 5.75 Å². The molecule has 0 bridgehead atoms. The molecule has 5 rings (SSSR count). The monoisotopic (exact) mass is 532 g/mol. The number of alkyl halides is 3. The van der Waals surface area contributed by atoms with Crippen LogP contribution in [0.25, 0.3) is 0 Å². The number of halogens is 5. The van der Waals surface area contributed by atoms with Crippen molar-refractivity contribution >= 4 is 29.1 Å². The minimum absolute atomic E-state index is 0.124. The van der Waals surface area contributed by atoms with Gasteiger partial charge in [0, 0.05) is 25.1 Å². The zero-order valence-electron chi connectivity index (χ0n) is 19.4. The number of nitrogens with zero attached hydrogens (tertiary/aromatic N) is 1. The van der Waals surface area contributed by atoms with Gasteiger partial charge in [0.25, 0.3) is 5.91 Å². The number of nitrogens with one attached hydrogen (secondary N) is 1. The largest absolute Gasteiger partial charge is 0.493 e. The molecule has 10 heteroatoms. The van der Waals surface area contributed by atoms with Crippen LogP contribution < -0.4 is 10.1 Å². The molecule has 0 saturated heterocycles. The third-order valence-electron chi connectivity index (χ3n) is 6.58. The van der Waals surface area contributed by atoms with Crippen molar-refractivity contribution in [3.63, 3.8) is 0 Å². The molecular formula is C27H21ClF4N2O3. The lowest BCUT2D eigenvalue weighted by Gasteiger charge is -2.31. The number of fused-ring (bicyclic) bond motifs is 2. The fraction of sp³-hybridized carbons (Fsp3) is 0.259. The molecule has 1 N–H and O–H groups in total. The maximum atomic E-state index is 14.4. The maximum absolute atomic E-state index is 14.4. The lowest BCUT2D eigenvalue weighted by atomic mass is 9.96. The average molecular weight is 533 g/mol. The molecule has 37 heavy (non-hydrogen) atoms. The van der Waals surface area contributed by atoms with E-state index in [1.165, 1.54) is 0 Å². The van der Waals surface area contributed by atoms with Crippen LogP contribution in [0, 0.1) is 5.82 Å². The molecule has 5 nitrogen and oxygen atoms in total. The molecular weight excluding hydrogens is 512 g/mol. The molecule has 3 aromatic carbocycles. The molecule has 0 atom stereocenters. The van der Waals surface area contributed by atoms with Crippen molar-refractivity contribution in [3.05, 3.63) is 92.8 Å². The smallest absolute Gasteiger partial charge is 0.419 e. The summed E-state index contributed by atoms with van der Waals surface area (Å²) in [5, 5.41) is 2.89. The fourth-order valence-electron chi connectivity index (χ4n) is 4.73. The Labute approximate surface area is 215 Å². The van der Waals surface area contributed by atoms with E-state index < -0.39 is 29.9 Å². The number of benzene rings is 3. The van der Waals surface area contributed by atoms with Gasteiger partial charge in [-0.2, -0.15) is 13.2 Å². The maximum Gasteiger partial charge on any atom is 0.419 e. The summed E-state index contributed by atoms with van der Waals surface area (Å²) in [6, 6.07) is 11.6. The molecule has 2 aliphatic heterocycles. The Bertz CT molecular complexity index is 1410. The highest BCUT2D eigenvalue weighted by molar-refractivity contribution is 6.34. The predicted molar refractivity (Wildman–Crippen MR) is 129 cm³/mol. The second-order valence-electron chi connectivity index (χ2n) is 8.96.